The van der Waals surface area contributed by atoms with E-state index in [9.17, 15) is 5.11 Å². The molecule has 1 aromatic heterocycles. The van der Waals surface area contributed by atoms with Gasteiger partial charge in [-0.1, -0.05) is 17.3 Å². The van der Waals surface area contributed by atoms with Crippen LogP contribution in [0.1, 0.15) is 22.5 Å². The molecule has 0 aliphatic rings. The lowest BCUT2D eigenvalue weighted by Crippen LogP contribution is -2.12. The number of benzene rings is 1. The first-order valence-corrected chi connectivity index (χ1v) is 5.56. The molecule has 0 aliphatic carbocycles. The second-order valence-electron chi connectivity index (χ2n) is 4.16. The normalized spacial score (nSPS) is 10.7. The Hall–Kier alpha value is -1.81. The molecule has 0 atom stereocenters. The summed E-state index contributed by atoms with van der Waals surface area (Å²) >= 11 is 0. The highest BCUT2D eigenvalue weighted by atomic mass is 16.5. The van der Waals surface area contributed by atoms with Crippen molar-refractivity contribution in [3.05, 3.63) is 46.8 Å². The number of aromatic hydroxyl groups is 1. The molecule has 0 aliphatic heterocycles. The molecule has 2 rings (SSSR count). The molecule has 0 amide bonds. The van der Waals surface area contributed by atoms with Gasteiger partial charge in [-0.15, -0.1) is 0 Å². The monoisotopic (exact) mass is 232 g/mol. The number of phenols is 1. The fraction of sp³-hybridized carbons (Fsp3) is 0.308. The molecule has 2 aromatic rings. The van der Waals surface area contributed by atoms with Gasteiger partial charge in [0, 0.05) is 12.6 Å². The summed E-state index contributed by atoms with van der Waals surface area (Å²) in [5.74, 6) is 1.20. The molecule has 1 heterocycles. The van der Waals surface area contributed by atoms with E-state index < -0.39 is 0 Å². The van der Waals surface area contributed by atoms with Gasteiger partial charge in [0.1, 0.15) is 11.5 Å². The minimum absolute atomic E-state index is 0.379. The Bertz CT molecular complexity index is 469. The lowest BCUT2D eigenvalue weighted by atomic mass is 10.1. The highest BCUT2D eigenvalue weighted by Crippen LogP contribution is 2.22. The number of hydrogen-bond donors (Lipinski definition) is 2. The van der Waals surface area contributed by atoms with Gasteiger partial charge in [0.2, 0.25) is 0 Å². The number of phenolic OH excluding ortho intramolecular Hbond substituents is 1. The summed E-state index contributed by atoms with van der Waals surface area (Å²) in [7, 11) is 0. The quantitative estimate of drug-likeness (QED) is 0.849. The van der Waals surface area contributed by atoms with Gasteiger partial charge in [0.15, 0.2) is 0 Å². The third kappa shape index (κ3) is 2.85. The molecule has 90 valence electrons. The maximum atomic E-state index is 9.66. The average molecular weight is 232 g/mol. The zero-order valence-corrected chi connectivity index (χ0v) is 10.0. The molecular formula is C13H16N2O2. The molecule has 0 spiro atoms. The van der Waals surface area contributed by atoms with Gasteiger partial charge < -0.3 is 14.9 Å². The third-order valence-electron chi connectivity index (χ3n) is 2.67. The maximum absolute atomic E-state index is 9.66. The van der Waals surface area contributed by atoms with Crippen molar-refractivity contribution in [2.24, 2.45) is 0 Å². The summed E-state index contributed by atoms with van der Waals surface area (Å²) in [4.78, 5) is 0. The van der Waals surface area contributed by atoms with Gasteiger partial charge in [-0.3, -0.25) is 0 Å². The van der Waals surface area contributed by atoms with Crippen LogP contribution in [0, 0.1) is 13.8 Å². The number of rotatable bonds is 4. The van der Waals surface area contributed by atoms with Gasteiger partial charge in [0.05, 0.1) is 12.7 Å². The summed E-state index contributed by atoms with van der Waals surface area (Å²) in [5, 5.41) is 16.6. The predicted molar refractivity (Wildman–Crippen MR) is 64.6 cm³/mol. The summed E-state index contributed by atoms with van der Waals surface area (Å²) in [6.07, 6.45) is 1.63. The standard InChI is InChI=1S/C13H16N2O2/c1-9-5-11(6-10(2)13(9)16)7-14-8-12-3-4-15-17-12/h3-6,14,16H,7-8H2,1-2H3. The Morgan fingerprint density at radius 2 is 1.94 bits per heavy atom. The van der Waals surface area contributed by atoms with E-state index >= 15 is 0 Å². The zero-order chi connectivity index (χ0) is 12.3. The lowest BCUT2D eigenvalue weighted by Gasteiger charge is -2.08. The van der Waals surface area contributed by atoms with E-state index in [2.05, 4.69) is 10.5 Å². The van der Waals surface area contributed by atoms with Gasteiger partial charge in [-0.2, -0.15) is 0 Å². The van der Waals surface area contributed by atoms with Crippen molar-refractivity contribution in [1.29, 1.82) is 0 Å². The summed E-state index contributed by atoms with van der Waals surface area (Å²) in [6.45, 7) is 5.20. The highest BCUT2D eigenvalue weighted by molar-refractivity contribution is 5.42. The molecule has 1 aromatic carbocycles. The molecule has 0 fully saturated rings. The van der Waals surface area contributed by atoms with Crippen molar-refractivity contribution in [2.45, 2.75) is 26.9 Å². The number of nitrogens with one attached hydrogen (secondary N) is 1. The van der Waals surface area contributed by atoms with Gasteiger partial charge in [0.25, 0.3) is 0 Å². The van der Waals surface area contributed by atoms with E-state index in [0.717, 1.165) is 29.0 Å². The first-order chi connectivity index (χ1) is 8.16. The van der Waals surface area contributed by atoms with Crippen molar-refractivity contribution in [3.8, 4) is 5.75 Å². The minimum Gasteiger partial charge on any atom is -0.507 e. The molecule has 0 bridgehead atoms. The van der Waals surface area contributed by atoms with Crippen molar-refractivity contribution < 1.29 is 9.63 Å². The van der Waals surface area contributed by atoms with Crippen molar-refractivity contribution >= 4 is 0 Å². The Kier molecular flexibility index (Phi) is 3.44. The largest absolute Gasteiger partial charge is 0.507 e. The van der Waals surface area contributed by atoms with Crippen LogP contribution < -0.4 is 5.32 Å². The number of aromatic nitrogens is 1. The van der Waals surface area contributed by atoms with Crippen LogP contribution in [-0.4, -0.2) is 10.3 Å². The number of aryl methyl sites for hydroxylation is 2. The van der Waals surface area contributed by atoms with E-state index in [1.165, 1.54) is 0 Å². The summed E-state index contributed by atoms with van der Waals surface area (Å²) in [6, 6.07) is 5.80. The van der Waals surface area contributed by atoms with Gasteiger partial charge >= 0.3 is 0 Å². The van der Waals surface area contributed by atoms with Crippen molar-refractivity contribution in [3.63, 3.8) is 0 Å². The van der Waals surface area contributed by atoms with Crippen molar-refractivity contribution in [2.75, 3.05) is 0 Å². The first kappa shape index (κ1) is 11.7. The first-order valence-electron chi connectivity index (χ1n) is 5.56. The predicted octanol–water partition coefficient (Wildman–Crippen LogP) is 2.29. The van der Waals surface area contributed by atoms with Gasteiger partial charge in [-0.05, 0) is 30.5 Å². The Morgan fingerprint density at radius 1 is 1.24 bits per heavy atom. The van der Waals surface area contributed by atoms with Crippen LogP contribution in [0.25, 0.3) is 0 Å². The van der Waals surface area contributed by atoms with E-state index in [-0.39, 0.29) is 0 Å². The van der Waals surface area contributed by atoms with Crippen LogP contribution >= 0.6 is 0 Å². The molecule has 0 saturated carbocycles. The molecule has 4 nitrogen and oxygen atoms in total. The van der Waals surface area contributed by atoms with Crippen LogP contribution in [0.3, 0.4) is 0 Å². The molecule has 4 heteroatoms. The SMILES string of the molecule is Cc1cc(CNCc2ccno2)cc(C)c1O. The van der Waals surface area contributed by atoms with Crippen LogP contribution in [0.5, 0.6) is 5.75 Å². The van der Waals surface area contributed by atoms with Crippen LogP contribution in [0.2, 0.25) is 0 Å². The summed E-state index contributed by atoms with van der Waals surface area (Å²) in [5.41, 5.74) is 2.96. The van der Waals surface area contributed by atoms with E-state index in [1.54, 1.807) is 6.20 Å². The molecule has 17 heavy (non-hydrogen) atoms. The Balaban J connectivity index is 1.95. The zero-order valence-electron chi connectivity index (χ0n) is 10.0. The topological polar surface area (TPSA) is 58.3 Å². The molecule has 0 unspecified atom stereocenters. The van der Waals surface area contributed by atoms with Crippen LogP contribution in [0.4, 0.5) is 0 Å². The third-order valence-corrected chi connectivity index (χ3v) is 2.67. The fourth-order valence-corrected chi connectivity index (χ4v) is 1.81. The molecule has 0 saturated heterocycles. The maximum Gasteiger partial charge on any atom is 0.150 e. The fourth-order valence-electron chi connectivity index (χ4n) is 1.81. The average Bonchev–Trinajstić information content (AvgIpc) is 2.79. The Labute approximate surface area is 100 Å². The van der Waals surface area contributed by atoms with Crippen LogP contribution in [0.15, 0.2) is 28.9 Å². The second-order valence-corrected chi connectivity index (χ2v) is 4.16. The summed E-state index contributed by atoms with van der Waals surface area (Å²) < 4.78 is 4.99. The van der Waals surface area contributed by atoms with E-state index in [1.807, 2.05) is 32.0 Å². The van der Waals surface area contributed by atoms with E-state index in [4.69, 9.17) is 4.52 Å². The lowest BCUT2D eigenvalue weighted by molar-refractivity contribution is 0.372. The number of hydrogen-bond acceptors (Lipinski definition) is 4. The number of nitrogens with zero attached hydrogens (tertiary/aromatic N) is 1. The highest BCUT2D eigenvalue weighted by Gasteiger charge is 2.03. The molecule has 0 radical (unpaired) electrons. The van der Waals surface area contributed by atoms with E-state index in [0.29, 0.717) is 12.3 Å². The van der Waals surface area contributed by atoms with Crippen LogP contribution in [-0.2, 0) is 13.1 Å². The Morgan fingerprint density at radius 3 is 2.53 bits per heavy atom. The van der Waals surface area contributed by atoms with Gasteiger partial charge in [-0.25, -0.2) is 0 Å². The molecule has 2 N–H and O–H groups in total. The minimum atomic E-state index is 0.379. The molecular weight excluding hydrogens is 216 g/mol. The van der Waals surface area contributed by atoms with Crippen molar-refractivity contribution in [1.82, 2.24) is 10.5 Å². The second kappa shape index (κ2) is 5.01. The smallest absolute Gasteiger partial charge is 0.150 e.